The number of nitrogens with one attached hydrogen (secondary N) is 1. The fourth-order valence-corrected chi connectivity index (χ4v) is 2.02. The van der Waals surface area contributed by atoms with Crippen molar-refractivity contribution in [2.75, 3.05) is 24.2 Å². The molecule has 6 nitrogen and oxygen atoms in total. The number of carbonyl (C=O) groups is 1. The normalized spacial score (nSPS) is 14.9. The van der Waals surface area contributed by atoms with Gasteiger partial charge in [-0.1, -0.05) is 20.8 Å². The number of hydrogen-bond donors (Lipinski definition) is 2. The van der Waals surface area contributed by atoms with E-state index in [2.05, 4.69) is 15.3 Å². The molecule has 0 unspecified atom stereocenters. The lowest BCUT2D eigenvalue weighted by Gasteiger charge is -2.24. The third-order valence-corrected chi connectivity index (χ3v) is 3.51. The van der Waals surface area contributed by atoms with E-state index in [1.165, 1.54) is 0 Å². The lowest BCUT2D eigenvalue weighted by molar-refractivity contribution is -0.119. The van der Waals surface area contributed by atoms with Crippen LogP contribution in [-0.4, -0.2) is 35.5 Å². The second-order valence-corrected chi connectivity index (χ2v) is 6.83. The SMILES string of the molecule is Cc1c(N)nc(C(C)(C)C)nc1N(C)CC(=O)NC1CC1. The average molecular weight is 291 g/mol. The topological polar surface area (TPSA) is 84.1 Å². The summed E-state index contributed by atoms with van der Waals surface area (Å²) in [7, 11) is 1.85. The Labute approximate surface area is 126 Å². The number of hydrogen-bond acceptors (Lipinski definition) is 5. The van der Waals surface area contributed by atoms with Crippen molar-refractivity contribution in [3.05, 3.63) is 11.4 Å². The molecule has 116 valence electrons. The maximum absolute atomic E-state index is 11.9. The first-order valence-electron chi connectivity index (χ1n) is 7.33. The van der Waals surface area contributed by atoms with Crippen LogP contribution in [0.15, 0.2) is 0 Å². The number of nitrogens with two attached hydrogens (primary N) is 1. The number of carbonyl (C=O) groups excluding carboxylic acids is 1. The zero-order chi connectivity index (χ0) is 15.8. The van der Waals surface area contributed by atoms with Crippen LogP contribution in [-0.2, 0) is 10.2 Å². The predicted molar refractivity (Wildman–Crippen MR) is 84.3 cm³/mol. The molecule has 1 amide bonds. The molecule has 1 aromatic rings. The molecular formula is C15H25N5O. The Morgan fingerprint density at radius 3 is 2.52 bits per heavy atom. The molecule has 0 aliphatic heterocycles. The fraction of sp³-hybridized carbons (Fsp3) is 0.667. The Hall–Kier alpha value is -1.85. The minimum atomic E-state index is -0.187. The van der Waals surface area contributed by atoms with E-state index in [1.807, 2.05) is 39.6 Å². The van der Waals surface area contributed by atoms with E-state index in [0.29, 0.717) is 17.7 Å². The van der Waals surface area contributed by atoms with Crippen molar-refractivity contribution >= 4 is 17.5 Å². The fourth-order valence-electron chi connectivity index (χ4n) is 2.02. The monoisotopic (exact) mass is 291 g/mol. The average Bonchev–Trinajstić information content (AvgIpc) is 3.14. The van der Waals surface area contributed by atoms with Gasteiger partial charge in [-0.2, -0.15) is 0 Å². The van der Waals surface area contributed by atoms with E-state index in [4.69, 9.17) is 5.73 Å². The molecule has 3 N–H and O–H groups in total. The summed E-state index contributed by atoms with van der Waals surface area (Å²) >= 11 is 0. The lowest BCUT2D eigenvalue weighted by atomic mass is 9.95. The quantitative estimate of drug-likeness (QED) is 0.875. The van der Waals surface area contributed by atoms with Gasteiger partial charge in [0.1, 0.15) is 17.5 Å². The van der Waals surface area contributed by atoms with Gasteiger partial charge in [-0.15, -0.1) is 0 Å². The van der Waals surface area contributed by atoms with Crippen molar-refractivity contribution in [1.82, 2.24) is 15.3 Å². The van der Waals surface area contributed by atoms with Crippen LogP contribution in [0.4, 0.5) is 11.6 Å². The molecule has 1 aromatic heterocycles. The van der Waals surface area contributed by atoms with E-state index in [-0.39, 0.29) is 17.9 Å². The lowest BCUT2D eigenvalue weighted by Crippen LogP contribution is -2.37. The van der Waals surface area contributed by atoms with Gasteiger partial charge in [0.2, 0.25) is 5.91 Å². The van der Waals surface area contributed by atoms with Crippen molar-refractivity contribution in [2.24, 2.45) is 0 Å². The summed E-state index contributed by atoms with van der Waals surface area (Å²) in [6, 6.07) is 0.368. The number of aromatic nitrogens is 2. The Bertz CT molecular complexity index is 546. The third-order valence-electron chi connectivity index (χ3n) is 3.51. The summed E-state index contributed by atoms with van der Waals surface area (Å²) < 4.78 is 0. The van der Waals surface area contributed by atoms with Crippen LogP contribution in [0, 0.1) is 6.92 Å². The molecule has 1 heterocycles. The van der Waals surface area contributed by atoms with Crippen LogP contribution in [0.5, 0.6) is 0 Å². The first-order chi connectivity index (χ1) is 9.68. The summed E-state index contributed by atoms with van der Waals surface area (Å²) in [6.45, 7) is 8.28. The molecule has 21 heavy (non-hydrogen) atoms. The first-order valence-corrected chi connectivity index (χ1v) is 7.33. The van der Waals surface area contributed by atoms with Crippen molar-refractivity contribution in [2.45, 2.75) is 52.0 Å². The molecule has 0 saturated heterocycles. The van der Waals surface area contributed by atoms with E-state index >= 15 is 0 Å². The van der Waals surface area contributed by atoms with Crippen LogP contribution in [0.2, 0.25) is 0 Å². The number of amides is 1. The molecule has 0 bridgehead atoms. The zero-order valence-electron chi connectivity index (χ0n) is 13.5. The van der Waals surface area contributed by atoms with Crippen molar-refractivity contribution in [3.8, 4) is 0 Å². The smallest absolute Gasteiger partial charge is 0.239 e. The number of nitrogens with zero attached hydrogens (tertiary/aromatic N) is 3. The molecule has 0 atom stereocenters. The van der Waals surface area contributed by atoms with E-state index in [9.17, 15) is 4.79 Å². The summed E-state index contributed by atoms with van der Waals surface area (Å²) in [5, 5.41) is 2.98. The van der Waals surface area contributed by atoms with Gasteiger partial charge >= 0.3 is 0 Å². The second-order valence-electron chi connectivity index (χ2n) is 6.83. The molecule has 6 heteroatoms. The summed E-state index contributed by atoms with van der Waals surface area (Å²) in [5.41, 5.74) is 6.62. The standard InChI is InChI=1S/C15H25N5O/c1-9-12(16)18-14(15(2,3)4)19-13(9)20(5)8-11(21)17-10-6-7-10/h10H,6-8H2,1-5H3,(H,17,21)(H2,16,18,19). The maximum atomic E-state index is 11.9. The van der Waals surface area contributed by atoms with E-state index in [1.54, 1.807) is 0 Å². The Morgan fingerprint density at radius 1 is 1.38 bits per heavy atom. The van der Waals surface area contributed by atoms with Crippen molar-refractivity contribution in [1.29, 1.82) is 0 Å². The highest BCUT2D eigenvalue weighted by Gasteiger charge is 2.25. The first kappa shape index (κ1) is 15.5. The third kappa shape index (κ3) is 3.83. The van der Waals surface area contributed by atoms with Gasteiger partial charge in [0.25, 0.3) is 0 Å². The van der Waals surface area contributed by atoms with Crippen molar-refractivity contribution < 1.29 is 4.79 Å². The van der Waals surface area contributed by atoms with Crippen LogP contribution >= 0.6 is 0 Å². The summed E-state index contributed by atoms with van der Waals surface area (Å²) in [6.07, 6.45) is 2.17. The van der Waals surface area contributed by atoms with Crippen molar-refractivity contribution in [3.63, 3.8) is 0 Å². The van der Waals surface area contributed by atoms with Crippen LogP contribution < -0.4 is 16.0 Å². The minimum Gasteiger partial charge on any atom is -0.383 e. The highest BCUT2D eigenvalue weighted by atomic mass is 16.2. The Balaban J connectivity index is 2.20. The van der Waals surface area contributed by atoms with Crippen LogP contribution in [0.1, 0.15) is 45.0 Å². The molecule has 0 radical (unpaired) electrons. The molecule has 1 saturated carbocycles. The number of likely N-dealkylation sites (N-methyl/N-ethyl adjacent to an activating group) is 1. The van der Waals surface area contributed by atoms with Crippen LogP contribution in [0.3, 0.4) is 0 Å². The predicted octanol–water partition coefficient (Wildman–Crippen LogP) is 1.38. The summed E-state index contributed by atoms with van der Waals surface area (Å²) in [5.74, 6) is 1.90. The summed E-state index contributed by atoms with van der Waals surface area (Å²) in [4.78, 5) is 22.7. The maximum Gasteiger partial charge on any atom is 0.239 e. The Kier molecular flexibility index (Phi) is 4.07. The minimum absolute atomic E-state index is 0.0221. The highest BCUT2D eigenvalue weighted by molar-refractivity contribution is 5.81. The van der Waals surface area contributed by atoms with Gasteiger partial charge in [-0.3, -0.25) is 4.79 Å². The molecule has 2 rings (SSSR count). The van der Waals surface area contributed by atoms with Gasteiger partial charge in [-0.25, -0.2) is 9.97 Å². The molecule has 0 aromatic carbocycles. The molecule has 1 fully saturated rings. The second kappa shape index (κ2) is 5.50. The van der Waals surface area contributed by atoms with Gasteiger partial charge in [0, 0.05) is 24.1 Å². The Morgan fingerprint density at radius 2 is 2.00 bits per heavy atom. The van der Waals surface area contributed by atoms with Crippen LogP contribution in [0.25, 0.3) is 0 Å². The largest absolute Gasteiger partial charge is 0.383 e. The van der Waals surface area contributed by atoms with E-state index < -0.39 is 0 Å². The molecule has 0 spiro atoms. The highest BCUT2D eigenvalue weighted by Crippen LogP contribution is 2.26. The number of anilines is 2. The van der Waals surface area contributed by atoms with Gasteiger partial charge in [0.15, 0.2) is 0 Å². The van der Waals surface area contributed by atoms with Gasteiger partial charge < -0.3 is 16.0 Å². The van der Waals surface area contributed by atoms with Gasteiger partial charge in [-0.05, 0) is 19.8 Å². The zero-order valence-corrected chi connectivity index (χ0v) is 13.5. The number of rotatable bonds is 4. The molecule has 1 aliphatic rings. The molecular weight excluding hydrogens is 266 g/mol. The number of nitrogen functional groups attached to an aromatic ring is 1. The van der Waals surface area contributed by atoms with E-state index in [0.717, 1.165) is 24.2 Å². The van der Waals surface area contributed by atoms with Gasteiger partial charge in [0.05, 0.1) is 6.54 Å². The molecule has 1 aliphatic carbocycles.